The monoisotopic (exact) mass is 320 g/mol. The fourth-order valence-electron chi connectivity index (χ4n) is 1.86. The first kappa shape index (κ1) is 16.4. The van der Waals surface area contributed by atoms with Crippen molar-refractivity contribution in [3.63, 3.8) is 0 Å². The van der Waals surface area contributed by atoms with Crippen LogP contribution in [0.25, 0.3) is 0 Å². The summed E-state index contributed by atoms with van der Waals surface area (Å²) in [5, 5.41) is 17.2. The molecule has 0 fully saturated rings. The summed E-state index contributed by atoms with van der Waals surface area (Å²) in [5.74, 6) is -0.151. The molecule has 122 valence electrons. The first-order chi connectivity index (χ1) is 10.9. The summed E-state index contributed by atoms with van der Waals surface area (Å²) in [7, 11) is 0. The van der Waals surface area contributed by atoms with Crippen LogP contribution in [-0.4, -0.2) is 27.1 Å². The third-order valence-electron chi connectivity index (χ3n) is 2.96. The summed E-state index contributed by atoms with van der Waals surface area (Å²) in [4.78, 5) is 26.4. The van der Waals surface area contributed by atoms with Crippen LogP contribution in [0.5, 0.6) is 5.75 Å². The molecular formula is C14H16N4O5. The van der Waals surface area contributed by atoms with E-state index in [-0.39, 0.29) is 11.6 Å². The number of aromatic nitrogens is 2. The molecule has 1 N–H and O–H groups in total. The molecule has 2 rings (SSSR count). The molecule has 0 radical (unpaired) electrons. The summed E-state index contributed by atoms with van der Waals surface area (Å²) in [6.45, 7) is 5.05. The standard InChI is InChI=1S/C14H16N4O5/c1-4-10(14(19)16-12-7-9(3)23-17-12)22-11-6-5-8(2)15-13(11)18(20)21/h5-7,10H,4H2,1-3H3,(H,16,17,19). The SMILES string of the molecule is CCC(Oc1ccc(C)nc1[N+](=O)[O-])C(=O)Nc1cc(C)on1. The van der Waals surface area contributed by atoms with Gasteiger partial charge in [-0.1, -0.05) is 12.1 Å². The number of hydrogen-bond acceptors (Lipinski definition) is 7. The molecule has 0 aliphatic heterocycles. The number of nitro groups is 1. The van der Waals surface area contributed by atoms with Crippen molar-refractivity contribution in [1.82, 2.24) is 10.1 Å². The predicted molar refractivity (Wildman–Crippen MR) is 80.2 cm³/mol. The molecule has 0 bridgehead atoms. The molecule has 2 aromatic rings. The molecule has 0 aliphatic rings. The van der Waals surface area contributed by atoms with Crippen molar-refractivity contribution >= 4 is 17.5 Å². The van der Waals surface area contributed by atoms with Crippen molar-refractivity contribution in [3.8, 4) is 5.75 Å². The number of amides is 1. The Morgan fingerprint density at radius 2 is 2.22 bits per heavy atom. The molecule has 0 aromatic carbocycles. The second kappa shape index (κ2) is 6.86. The zero-order chi connectivity index (χ0) is 17.0. The largest absolute Gasteiger partial charge is 0.472 e. The number of aryl methyl sites for hydroxylation is 2. The van der Waals surface area contributed by atoms with E-state index in [1.54, 1.807) is 32.9 Å². The Kier molecular flexibility index (Phi) is 4.89. The summed E-state index contributed by atoms with van der Waals surface area (Å²) in [6.07, 6.45) is -0.608. The third kappa shape index (κ3) is 4.02. The zero-order valence-corrected chi connectivity index (χ0v) is 12.9. The van der Waals surface area contributed by atoms with Crippen molar-refractivity contribution in [3.05, 3.63) is 39.8 Å². The molecule has 1 atom stereocenters. The summed E-state index contributed by atoms with van der Waals surface area (Å²) in [5.41, 5.74) is 0.486. The number of carbonyl (C=O) groups is 1. The molecule has 23 heavy (non-hydrogen) atoms. The number of pyridine rings is 1. The average Bonchev–Trinajstić information content (AvgIpc) is 2.90. The second-order valence-corrected chi connectivity index (χ2v) is 4.86. The van der Waals surface area contributed by atoms with Crippen LogP contribution in [-0.2, 0) is 4.79 Å². The van der Waals surface area contributed by atoms with E-state index in [1.807, 2.05) is 0 Å². The molecule has 0 spiro atoms. The maximum atomic E-state index is 12.2. The number of nitrogens with one attached hydrogen (secondary N) is 1. The number of rotatable bonds is 6. The quantitative estimate of drug-likeness (QED) is 0.640. The van der Waals surface area contributed by atoms with Gasteiger partial charge in [0, 0.05) is 13.0 Å². The van der Waals surface area contributed by atoms with Crippen LogP contribution >= 0.6 is 0 Å². The molecule has 1 amide bonds. The third-order valence-corrected chi connectivity index (χ3v) is 2.96. The van der Waals surface area contributed by atoms with E-state index >= 15 is 0 Å². The van der Waals surface area contributed by atoms with Crippen LogP contribution in [0.1, 0.15) is 24.8 Å². The Morgan fingerprint density at radius 1 is 1.48 bits per heavy atom. The Bertz CT molecular complexity index is 728. The highest BCUT2D eigenvalue weighted by atomic mass is 16.6. The molecule has 0 aliphatic carbocycles. The Morgan fingerprint density at radius 3 is 2.78 bits per heavy atom. The summed E-state index contributed by atoms with van der Waals surface area (Å²) in [6, 6.07) is 4.56. The lowest BCUT2D eigenvalue weighted by Crippen LogP contribution is -2.32. The highest BCUT2D eigenvalue weighted by molar-refractivity contribution is 5.93. The summed E-state index contributed by atoms with van der Waals surface area (Å²) < 4.78 is 10.3. The molecule has 2 aromatic heterocycles. The fourth-order valence-corrected chi connectivity index (χ4v) is 1.86. The minimum Gasteiger partial charge on any atom is -0.472 e. The molecule has 9 heteroatoms. The van der Waals surface area contributed by atoms with Gasteiger partial charge in [0.05, 0.1) is 0 Å². The highest BCUT2D eigenvalue weighted by Gasteiger charge is 2.25. The van der Waals surface area contributed by atoms with Gasteiger partial charge in [0.25, 0.3) is 5.91 Å². The molecule has 2 heterocycles. The van der Waals surface area contributed by atoms with E-state index in [4.69, 9.17) is 9.26 Å². The number of carbonyl (C=O) groups excluding carboxylic acids is 1. The number of hydrogen-bond donors (Lipinski definition) is 1. The van der Waals surface area contributed by atoms with Gasteiger partial charge in [0.1, 0.15) is 11.5 Å². The fraction of sp³-hybridized carbons (Fsp3) is 0.357. The maximum absolute atomic E-state index is 12.2. The van der Waals surface area contributed by atoms with Gasteiger partial charge in [-0.15, -0.1) is 0 Å². The second-order valence-electron chi connectivity index (χ2n) is 4.86. The van der Waals surface area contributed by atoms with E-state index in [0.29, 0.717) is 17.9 Å². The topological polar surface area (TPSA) is 120 Å². The molecule has 1 unspecified atom stereocenters. The molecule has 0 saturated carbocycles. The van der Waals surface area contributed by atoms with Crippen molar-refractivity contribution in [1.29, 1.82) is 0 Å². The first-order valence-corrected chi connectivity index (χ1v) is 6.93. The van der Waals surface area contributed by atoms with Gasteiger partial charge in [0.15, 0.2) is 11.9 Å². The Hall–Kier alpha value is -2.97. The minimum atomic E-state index is -0.921. The van der Waals surface area contributed by atoms with Crippen molar-refractivity contribution in [2.45, 2.75) is 33.3 Å². The lowest BCUT2D eigenvalue weighted by molar-refractivity contribution is -0.390. The lowest BCUT2D eigenvalue weighted by Gasteiger charge is -2.16. The Labute approximate surface area is 131 Å². The highest BCUT2D eigenvalue weighted by Crippen LogP contribution is 2.26. The lowest BCUT2D eigenvalue weighted by atomic mass is 10.2. The van der Waals surface area contributed by atoms with Gasteiger partial charge in [0.2, 0.25) is 5.75 Å². The van der Waals surface area contributed by atoms with Crippen LogP contribution in [0.2, 0.25) is 0 Å². The van der Waals surface area contributed by atoms with E-state index < -0.39 is 22.8 Å². The van der Waals surface area contributed by atoms with Gasteiger partial charge in [-0.05, 0) is 35.4 Å². The van der Waals surface area contributed by atoms with Crippen molar-refractivity contribution in [2.24, 2.45) is 0 Å². The average molecular weight is 320 g/mol. The maximum Gasteiger partial charge on any atom is 0.406 e. The van der Waals surface area contributed by atoms with E-state index in [1.165, 1.54) is 6.07 Å². The van der Waals surface area contributed by atoms with Gasteiger partial charge in [-0.2, -0.15) is 0 Å². The summed E-state index contributed by atoms with van der Waals surface area (Å²) >= 11 is 0. The number of anilines is 1. The molecular weight excluding hydrogens is 304 g/mol. The van der Waals surface area contributed by atoms with Gasteiger partial charge < -0.3 is 24.7 Å². The molecule has 0 saturated heterocycles. The van der Waals surface area contributed by atoms with Crippen LogP contribution in [0, 0.1) is 24.0 Å². The van der Waals surface area contributed by atoms with E-state index in [2.05, 4.69) is 15.5 Å². The van der Waals surface area contributed by atoms with Crippen LogP contribution in [0.4, 0.5) is 11.6 Å². The van der Waals surface area contributed by atoms with Gasteiger partial charge >= 0.3 is 5.82 Å². The van der Waals surface area contributed by atoms with Crippen molar-refractivity contribution in [2.75, 3.05) is 5.32 Å². The van der Waals surface area contributed by atoms with Crippen LogP contribution in [0.3, 0.4) is 0 Å². The van der Waals surface area contributed by atoms with Gasteiger partial charge in [-0.3, -0.25) is 4.79 Å². The smallest absolute Gasteiger partial charge is 0.406 e. The van der Waals surface area contributed by atoms with Gasteiger partial charge in [-0.25, -0.2) is 0 Å². The predicted octanol–water partition coefficient (Wildman–Crippen LogP) is 2.39. The first-order valence-electron chi connectivity index (χ1n) is 6.93. The normalized spacial score (nSPS) is 11.8. The van der Waals surface area contributed by atoms with Crippen molar-refractivity contribution < 1.29 is 19.0 Å². The minimum absolute atomic E-state index is 0.0565. The van der Waals surface area contributed by atoms with Crippen LogP contribution < -0.4 is 10.1 Å². The number of nitrogens with zero attached hydrogens (tertiary/aromatic N) is 3. The van der Waals surface area contributed by atoms with E-state index in [9.17, 15) is 14.9 Å². The molecule has 9 nitrogen and oxygen atoms in total. The van der Waals surface area contributed by atoms with Crippen LogP contribution in [0.15, 0.2) is 22.7 Å². The zero-order valence-electron chi connectivity index (χ0n) is 12.9. The van der Waals surface area contributed by atoms with E-state index in [0.717, 1.165) is 0 Å². The number of ether oxygens (including phenoxy) is 1. The Balaban J connectivity index is 2.16.